The van der Waals surface area contributed by atoms with E-state index in [4.69, 9.17) is 4.74 Å². The number of nitrogens with zero attached hydrogens (tertiary/aromatic N) is 3. The highest BCUT2D eigenvalue weighted by atomic mass is 32.1. The van der Waals surface area contributed by atoms with Crippen molar-refractivity contribution in [1.82, 2.24) is 9.88 Å². The summed E-state index contributed by atoms with van der Waals surface area (Å²) < 4.78 is 6.37. The average molecular weight is 393 g/mol. The van der Waals surface area contributed by atoms with Gasteiger partial charge in [-0.1, -0.05) is 18.2 Å². The van der Waals surface area contributed by atoms with Crippen LogP contribution in [0.3, 0.4) is 0 Å². The van der Waals surface area contributed by atoms with Crippen LogP contribution in [0.25, 0.3) is 10.2 Å². The molecule has 0 atom stereocenters. The number of fused-ring (bicyclic) bond motifs is 2. The Bertz CT molecular complexity index is 1060. The van der Waals surface area contributed by atoms with Crippen molar-refractivity contribution in [1.29, 1.82) is 0 Å². The average Bonchev–Trinajstić information content (AvgIpc) is 3.21. The molecule has 7 heteroatoms. The second-order valence-electron chi connectivity index (χ2n) is 7.11. The van der Waals surface area contributed by atoms with Gasteiger partial charge in [-0.25, -0.2) is 9.78 Å². The summed E-state index contributed by atoms with van der Waals surface area (Å²) in [5.41, 5.74) is 5.36. The predicted molar refractivity (Wildman–Crippen MR) is 108 cm³/mol. The molecule has 0 saturated carbocycles. The first-order chi connectivity index (χ1) is 13.7. The molecular weight excluding hydrogens is 374 g/mol. The molecule has 1 saturated heterocycles. The Balaban J connectivity index is 1.31. The minimum absolute atomic E-state index is 0.0374. The van der Waals surface area contributed by atoms with Gasteiger partial charge < -0.3 is 9.64 Å². The van der Waals surface area contributed by atoms with Crippen LogP contribution < -0.4 is 4.90 Å². The predicted octanol–water partition coefficient (Wildman–Crippen LogP) is 4.06. The number of anilines is 1. The first-order valence-electron chi connectivity index (χ1n) is 9.37. The highest BCUT2D eigenvalue weighted by Gasteiger charge is 2.35. The lowest BCUT2D eigenvalue weighted by Gasteiger charge is -2.40. The molecular formula is C21H19N3O3S. The highest BCUT2D eigenvalue weighted by molar-refractivity contribution is 7.16. The lowest BCUT2D eigenvalue weighted by Crippen LogP contribution is -2.50. The van der Waals surface area contributed by atoms with Gasteiger partial charge in [-0.3, -0.25) is 9.69 Å². The third-order valence-corrected chi connectivity index (χ3v) is 6.29. The molecule has 5 rings (SSSR count). The lowest BCUT2D eigenvalue weighted by molar-refractivity contribution is 0.0708. The summed E-state index contributed by atoms with van der Waals surface area (Å²) >= 11 is 1.54. The normalized spacial score (nSPS) is 17.5. The zero-order chi connectivity index (χ0) is 19.1. The van der Waals surface area contributed by atoms with E-state index in [1.54, 1.807) is 10.4 Å². The summed E-state index contributed by atoms with van der Waals surface area (Å²) in [6.07, 6.45) is 1.18. The monoisotopic (exact) mass is 393 g/mol. The van der Waals surface area contributed by atoms with Crippen molar-refractivity contribution in [2.24, 2.45) is 0 Å². The van der Waals surface area contributed by atoms with E-state index in [0.717, 1.165) is 34.3 Å². The molecule has 1 aromatic heterocycles. The number of rotatable bonds is 2. The summed E-state index contributed by atoms with van der Waals surface area (Å²) in [7, 11) is 0. The summed E-state index contributed by atoms with van der Waals surface area (Å²) in [4.78, 5) is 33.2. The Kier molecular flexibility index (Phi) is 4.24. The first-order valence-corrected chi connectivity index (χ1v) is 10.2. The molecule has 0 aliphatic carbocycles. The Morgan fingerprint density at radius 3 is 2.82 bits per heavy atom. The first kappa shape index (κ1) is 17.2. The number of likely N-dealkylation sites (tertiary alicyclic amines) is 1. The quantitative estimate of drug-likeness (QED) is 0.659. The minimum atomic E-state index is -0.292. The summed E-state index contributed by atoms with van der Waals surface area (Å²) in [6, 6.07) is 13.6. The van der Waals surface area contributed by atoms with Crippen LogP contribution in [-0.2, 0) is 11.3 Å². The van der Waals surface area contributed by atoms with Gasteiger partial charge in [0.15, 0.2) is 0 Å². The van der Waals surface area contributed by atoms with E-state index in [9.17, 15) is 9.59 Å². The number of carbonyl (C=O) groups is 2. The maximum Gasteiger partial charge on any atom is 0.414 e. The number of piperidine rings is 1. The third kappa shape index (κ3) is 2.92. The Hall–Kier alpha value is -2.93. The Morgan fingerprint density at radius 1 is 1.14 bits per heavy atom. The van der Waals surface area contributed by atoms with Gasteiger partial charge in [0.05, 0.1) is 21.4 Å². The van der Waals surface area contributed by atoms with Crippen LogP contribution in [0, 0.1) is 0 Å². The number of hydrogen-bond acceptors (Lipinski definition) is 5. The highest BCUT2D eigenvalue weighted by Crippen LogP contribution is 2.32. The fourth-order valence-corrected chi connectivity index (χ4v) is 4.74. The second kappa shape index (κ2) is 6.91. The van der Waals surface area contributed by atoms with E-state index >= 15 is 0 Å². The molecule has 3 aromatic rings. The molecule has 0 N–H and O–H groups in total. The SMILES string of the molecule is O=C(c1ccc2ncsc2c1)N1CCC(N2C(=O)OCc3ccccc32)CC1. The van der Waals surface area contributed by atoms with Crippen molar-refractivity contribution >= 4 is 39.2 Å². The van der Waals surface area contributed by atoms with Gasteiger partial charge in [0.2, 0.25) is 0 Å². The van der Waals surface area contributed by atoms with Gasteiger partial charge >= 0.3 is 6.09 Å². The van der Waals surface area contributed by atoms with E-state index in [-0.39, 0.29) is 18.0 Å². The molecule has 1 fully saturated rings. The topological polar surface area (TPSA) is 62.7 Å². The molecule has 3 heterocycles. The van der Waals surface area contributed by atoms with Crippen molar-refractivity contribution in [3.8, 4) is 0 Å². The van der Waals surface area contributed by atoms with Crippen LogP contribution >= 0.6 is 11.3 Å². The van der Waals surface area contributed by atoms with Gasteiger partial charge in [-0.2, -0.15) is 0 Å². The number of ether oxygens (including phenoxy) is 1. The van der Waals surface area contributed by atoms with Crippen LogP contribution in [0.1, 0.15) is 28.8 Å². The standard InChI is InChI=1S/C21H19N3O3S/c25-20(14-5-6-17-19(11-14)28-13-22-17)23-9-7-16(8-10-23)24-18-4-2-1-3-15(18)12-27-21(24)26/h1-6,11,13,16H,7-10,12H2. The summed E-state index contributed by atoms with van der Waals surface area (Å²) in [6.45, 7) is 1.56. The molecule has 6 nitrogen and oxygen atoms in total. The van der Waals surface area contributed by atoms with E-state index in [1.165, 1.54) is 11.3 Å². The second-order valence-corrected chi connectivity index (χ2v) is 8.00. The van der Waals surface area contributed by atoms with Gasteiger partial charge in [-0.15, -0.1) is 11.3 Å². The lowest BCUT2D eigenvalue weighted by atomic mass is 10.00. The number of cyclic esters (lactones) is 1. The number of aromatic nitrogens is 1. The van der Waals surface area contributed by atoms with Gasteiger partial charge in [0.25, 0.3) is 5.91 Å². The number of carbonyl (C=O) groups excluding carboxylic acids is 2. The van der Waals surface area contributed by atoms with E-state index < -0.39 is 0 Å². The van der Waals surface area contributed by atoms with Crippen LogP contribution in [0.2, 0.25) is 0 Å². The minimum Gasteiger partial charge on any atom is -0.444 e. The van der Waals surface area contributed by atoms with Crippen molar-refractivity contribution in [2.45, 2.75) is 25.5 Å². The fraction of sp³-hybridized carbons (Fsp3) is 0.286. The molecule has 0 unspecified atom stereocenters. The third-order valence-electron chi connectivity index (χ3n) is 5.49. The van der Waals surface area contributed by atoms with Crippen molar-refractivity contribution < 1.29 is 14.3 Å². The van der Waals surface area contributed by atoms with Crippen molar-refractivity contribution in [3.63, 3.8) is 0 Å². The van der Waals surface area contributed by atoms with Gasteiger partial charge in [0, 0.05) is 30.3 Å². The van der Waals surface area contributed by atoms with Gasteiger partial charge in [-0.05, 0) is 37.1 Å². The van der Waals surface area contributed by atoms with E-state index in [0.29, 0.717) is 25.3 Å². The largest absolute Gasteiger partial charge is 0.444 e. The maximum atomic E-state index is 12.9. The van der Waals surface area contributed by atoms with Crippen molar-refractivity contribution in [3.05, 3.63) is 59.1 Å². The van der Waals surface area contributed by atoms with Crippen LogP contribution in [0.4, 0.5) is 10.5 Å². The van der Waals surface area contributed by atoms with Crippen LogP contribution in [0.15, 0.2) is 48.0 Å². The fourth-order valence-electron chi connectivity index (χ4n) is 4.02. The van der Waals surface area contributed by atoms with Crippen LogP contribution in [-0.4, -0.2) is 41.0 Å². The Labute approximate surface area is 166 Å². The zero-order valence-electron chi connectivity index (χ0n) is 15.2. The number of hydrogen-bond donors (Lipinski definition) is 0. The van der Waals surface area contributed by atoms with E-state index in [2.05, 4.69) is 4.98 Å². The summed E-state index contributed by atoms with van der Waals surface area (Å²) in [5, 5.41) is 0. The smallest absolute Gasteiger partial charge is 0.414 e. The zero-order valence-corrected chi connectivity index (χ0v) is 16.0. The Morgan fingerprint density at radius 2 is 1.96 bits per heavy atom. The van der Waals surface area contributed by atoms with Crippen molar-refractivity contribution in [2.75, 3.05) is 18.0 Å². The molecule has 2 aliphatic rings. The summed E-state index contributed by atoms with van der Waals surface area (Å²) in [5.74, 6) is 0.0374. The number of para-hydroxylation sites is 1. The molecule has 142 valence electrons. The van der Waals surface area contributed by atoms with Gasteiger partial charge in [0.1, 0.15) is 6.61 Å². The molecule has 0 spiro atoms. The molecule has 28 heavy (non-hydrogen) atoms. The molecule has 2 amide bonds. The maximum absolute atomic E-state index is 12.9. The number of amides is 2. The van der Waals surface area contributed by atoms with E-state index in [1.807, 2.05) is 47.4 Å². The molecule has 0 bridgehead atoms. The number of benzene rings is 2. The molecule has 2 aliphatic heterocycles. The molecule has 2 aromatic carbocycles. The number of thiazole rings is 1. The van der Waals surface area contributed by atoms with Crippen LogP contribution in [0.5, 0.6) is 0 Å². The molecule has 0 radical (unpaired) electrons.